The van der Waals surface area contributed by atoms with E-state index in [1.807, 2.05) is 4.90 Å². The maximum Gasteiger partial charge on any atom is 0.260 e. The van der Waals surface area contributed by atoms with Crippen LogP contribution in [0, 0.1) is 5.92 Å². The summed E-state index contributed by atoms with van der Waals surface area (Å²) < 4.78 is 26.5. The number of halogens is 2. The van der Waals surface area contributed by atoms with E-state index in [4.69, 9.17) is 0 Å². The van der Waals surface area contributed by atoms with Crippen LogP contribution in [0.1, 0.15) is 45.4 Å². The molecule has 0 aromatic rings. The minimum absolute atomic E-state index is 0.00435. The van der Waals surface area contributed by atoms with E-state index in [-0.39, 0.29) is 13.0 Å². The van der Waals surface area contributed by atoms with Crippen molar-refractivity contribution in [2.45, 2.75) is 57.4 Å². The molecular weight excluding hydrogens is 196 g/mol. The van der Waals surface area contributed by atoms with Crippen LogP contribution in [0.3, 0.4) is 0 Å². The smallest absolute Gasteiger partial charge is 0.260 e. The average molecular weight is 217 g/mol. The number of hydrogen-bond donors (Lipinski definition) is 0. The number of rotatable bonds is 1. The van der Waals surface area contributed by atoms with Crippen LogP contribution in [0.5, 0.6) is 0 Å². The number of hydrogen-bond acceptors (Lipinski definition) is 1. The maximum absolute atomic E-state index is 13.3. The third-order valence-electron chi connectivity index (χ3n) is 3.85. The fraction of sp³-hybridized carbons (Fsp3) is 1.00. The molecule has 1 heterocycles. The van der Waals surface area contributed by atoms with Gasteiger partial charge in [0.25, 0.3) is 5.92 Å². The molecular formula is C12H21F2N. The Balaban J connectivity index is 1.92. The van der Waals surface area contributed by atoms with Gasteiger partial charge >= 0.3 is 0 Å². The van der Waals surface area contributed by atoms with Crippen molar-refractivity contribution >= 4 is 0 Å². The van der Waals surface area contributed by atoms with Crippen molar-refractivity contribution in [3.63, 3.8) is 0 Å². The lowest BCUT2D eigenvalue weighted by Crippen LogP contribution is -2.49. The van der Waals surface area contributed by atoms with Gasteiger partial charge in [-0.1, -0.05) is 19.8 Å². The maximum atomic E-state index is 13.3. The van der Waals surface area contributed by atoms with Gasteiger partial charge in [-0.05, 0) is 31.7 Å². The summed E-state index contributed by atoms with van der Waals surface area (Å²) in [6, 6.07) is 0.430. The zero-order valence-corrected chi connectivity index (χ0v) is 9.51. The zero-order chi connectivity index (χ0) is 10.9. The van der Waals surface area contributed by atoms with Crippen molar-refractivity contribution in [2.24, 2.45) is 5.92 Å². The highest BCUT2D eigenvalue weighted by Crippen LogP contribution is 2.33. The van der Waals surface area contributed by atoms with E-state index < -0.39 is 5.92 Å². The Morgan fingerprint density at radius 1 is 1.20 bits per heavy atom. The van der Waals surface area contributed by atoms with Gasteiger partial charge < -0.3 is 0 Å². The SMILES string of the molecule is C[C@H]1CCC[C@@H](N2CCCC(F)(F)C2)C1. The molecule has 0 spiro atoms. The van der Waals surface area contributed by atoms with Gasteiger partial charge in [0, 0.05) is 12.5 Å². The van der Waals surface area contributed by atoms with E-state index >= 15 is 0 Å². The third-order valence-corrected chi connectivity index (χ3v) is 3.85. The third kappa shape index (κ3) is 2.90. The fourth-order valence-corrected chi connectivity index (χ4v) is 3.04. The molecule has 2 fully saturated rings. The Labute approximate surface area is 90.8 Å². The summed E-state index contributed by atoms with van der Waals surface area (Å²) in [7, 11) is 0. The van der Waals surface area contributed by atoms with Gasteiger partial charge in [0.05, 0.1) is 6.54 Å². The Morgan fingerprint density at radius 2 is 2.00 bits per heavy atom. The average Bonchev–Trinajstić information content (AvgIpc) is 2.16. The van der Waals surface area contributed by atoms with E-state index in [0.29, 0.717) is 12.5 Å². The van der Waals surface area contributed by atoms with Crippen LogP contribution in [-0.2, 0) is 0 Å². The van der Waals surface area contributed by atoms with Crippen molar-refractivity contribution in [2.75, 3.05) is 13.1 Å². The molecule has 2 rings (SSSR count). The topological polar surface area (TPSA) is 3.24 Å². The molecule has 2 atom stereocenters. The number of alkyl halides is 2. The summed E-state index contributed by atoms with van der Waals surface area (Å²) >= 11 is 0. The van der Waals surface area contributed by atoms with E-state index in [0.717, 1.165) is 25.3 Å². The Hall–Kier alpha value is -0.180. The first-order chi connectivity index (χ1) is 7.07. The summed E-state index contributed by atoms with van der Waals surface area (Å²) in [6.07, 6.45) is 5.49. The first-order valence-electron chi connectivity index (χ1n) is 6.19. The van der Waals surface area contributed by atoms with Gasteiger partial charge in [0.2, 0.25) is 0 Å². The first kappa shape index (κ1) is 11.3. The normalized spacial score (nSPS) is 37.8. The highest BCUT2D eigenvalue weighted by atomic mass is 19.3. The molecule has 15 heavy (non-hydrogen) atoms. The van der Waals surface area contributed by atoms with E-state index in [1.165, 1.54) is 12.8 Å². The molecule has 0 amide bonds. The molecule has 1 aliphatic carbocycles. The lowest BCUT2D eigenvalue weighted by atomic mass is 9.85. The van der Waals surface area contributed by atoms with Crippen LogP contribution in [0.2, 0.25) is 0 Å². The molecule has 1 nitrogen and oxygen atoms in total. The van der Waals surface area contributed by atoms with Crippen molar-refractivity contribution < 1.29 is 8.78 Å². The minimum Gasteiger partial charge on any atom is -0.294 e. The molecule has 1 saturated heterocycles. The first-order valence-corrected chi connectivity index (χ1v) is 6.19. The van der Waals surface area contributed by atoms with Crippen molar-refractivity contribution in [1.29, 1.82) is 0 Å². The molecule has 3 heteroatoms. The summed E-state index contributed by atoms with van der Waals surface area (Å²) in [5, 5.41) is 0. The molecule has 1 aliphatic heterocycles. The van der Waals surface area contributed by atoms with Gasteiger partial charge in [0.15, 0.2) is 0 Å². The van der Waals surface area contributed by atoms with Crippen molar-refractivity contribution in [1.82, 2.24) is 4.90 Å². The van der Waals surface area contributed by atoms with E-state index in [1.54, 1.807) is 0 Å². The number of likely N-dealkylation sites (tertiary alicyclic amines) is 1. The standard InChI is InChI=1S/C12H21F2N/c1-10-4-2-5-11(8-10)15-7-3-6-12(13,14)9-15/h10-11H,2-9H2,1H3/t10-,11+/m0/s1. The Bertz CT molecular complexity index is 218. The van der Waals surface area contributed by atoms with E-state index in [2.05, 4.69) is 6.92 Å². The Kier molecular flexibility index (Phi) is 3.29. The second kappa shape index (κ2) is 4.36. The summed E-state index contributed by atoms with van der Waals surface area (Å²) in [4.78, 5) is 2.04. The largest absolute Gasteiger partial charge is 0.294 e. The molecule has 0 aromatic carbocycles. The molecule has 2 aliphatic rings. The summed E-state index contributed by atoms with van der Waals surface area (Å²) in [6.45, 7) is 3.13. The van der Waals surface area contributed by atoms with Crippen LogP contribution < -0.4 is 0 Å². The predicted molar refractivity (Wildman–Crippen MR) is 57.2 cm³/mol. The molecule has 88 valence electrons. The van der Waals surface area contributed by atoms with Crippen LogP contribution in [-0.4, -0.2) is 30.0 Å². The van der Waals surface area contributed by atoms with Crippen LogP contribution in [0.15, 0.2) is 0 Å². The monoisotopic (exact) mass is 217 g/mol. The molecule has 1 saturated carbocycles. The molecule has 0 radical (unpaired) electrons. The lowest BCUT2D eigenvalue weighted by Gasteiger charge is -2.41. The van der Waals surface area contributed by atoms with Gasteiger partial charge in [-0.2, -0.15) is 0 Å². The van der Waals surface area contributed by atoms with Crippen LogP contribution in [0.25, 0.3) is 0 Å². The molecule has 0 aromatic heterocycles. The zero-order valence-electron chi connectivity index (χ0n) is 9.51. The minimum atomic E-state index is -2.43. The number of piperidine rings is 1. The van der Waals surface area contributed by atoms with Crippen LogP contribution in [0.4, 0.5) is 8.78 Å². The van der Waals surface area contributed by atoms with Gasteiger partial charge in [0.1, 0.15) is 0 Å². The van der Waals surface area contributed by atoms with Gasteiger partial charge in [-0.15, -0.1) is 0 Å². The molecule has 0 N–H and O–H groups in total. The fourth-order valence-electron chi connectivity index (χ4n) is 3.04. The number of nitrogens with zero attached hydrogens (tertiary/aromatic N) is 1. The second-order valence-corrected chi connectivity index (χ2v) is 5.36. The molecule has 0 bridgehead atoms. The van der Waals surface area contributed by atoms with Gasteiger partial charge in [-0.3, -0.25) is 4.90 Å². The molecule has 0 unspecified atom stereocenters. The van der Waals surface area contributed by atoms with Crippen molar-refractivity contribution in [3.8, 4) is 0 Å². The quantitative estimate of drug-likeness (QED) is 0.651. The summed E-state index contributed by atoms with van der Waals surface area (Å²) in [5.74, 6) is -1.71. The van der Waals surface area contributed by atoms with Crippen LogP contribution >= 0.6 is 0 Å². The Morgan fingerprint density at radius 3 is 2.67 bits per heavy atom. The lowest BCUT2D eigenvalue weighted by molar-refractivity contribution is -0.0801. The van der Waals surface area contributed by atoms with E-state index in [9.17, 15) is 8.78 Å². The second-order valence-electron chi connectivity index (χ2n) is 5.36. The van der Waals surface area contributed by atoms with Crippen molar-refractivity contribution in [3.05, 3.63) is 0 Å². The predicted octanol–water partition coefficient (Wildman–Crippen LogP) is 3.30. The highest BCUT2D eigenvalue weighted by Gasteiger charge is 2.38. The highest BCUT2D eigenvalue weighted by molar-refractivity contribution is 4.86. The summed E-state index contributed by atoms with van der Waals surface area (Å²) in [5.41, 5.74) is 0. The van der Waals surface area contributed by atoms with Gasteiger partial charge in [-0.25, -0.2) is 8.78 Å².